The molecule has 27 heavy (non-hydrogen) atoms. The summed E-state index contributed by atoms with van der Waals surface area (Å²) in [6, 6.07) is 11.9. The van der Waals surface area contributed by atoms with Crippen molar-refractivity contribution in [2.24, 2.45) is 0 Å². The first-order valence-corrected chi connectivity index (χ1v) is 9.16. The van der Waals surface area contributed by atoms with Crippen molar-refractivity contribution in [3.63, 3.8) is 0 Å². The number of hydrogen-bond donors (Lipinski definition) is 2. The van der Waals surface area contributed by atoms with E-state index in [0.29, 0.717) is 39.0 Å². The Hall–Kier alpha value is -2.31. The van der Waals surface area contributed by atoms with Gasteiger partial charge in [0.15, 0.2) is 0 Å². The van der Waals surface area contributed by atoms with Gasteiger partial charge in [-0.3, -0.25) is 4.79 Å². The van der Waals surface area contributed by atoms with E-state index in [1.165, 1.54) is 24.3 Å². The van der Waals surface area contributed by atoms with Gasteiger partial charge in [0.25, 0.3) is 0 Å². The summed E-state index contributed by atoms with van der Waals surface area (Å²) in [5, 5.41) is 13.7. The second-order valence-electron chi connectivity index (χ2n) is 7.03. The highest BCUT2D eigenvalue weighted by Crippen LogP contribution is 2.32. The summed E-state index contributed by atoms with van der Waals surface area (Å²) in [7, 11) is 0. The maximum atomic E-state index is 13.1. The normalized spacial score (nSPS) is 16.9. The molecular weight excluding hydrogens is 350 g/mol. The summed E-state index contributed by atoms with van der Waals surface area (Å²) in [6.45, 7) is 2.65. The fourth-order valence-corrected chi connectivity index (χ4v) is 3.40. The summed E-state index contributed by atoms with van der Waals surface area (Å²) < 4.78 is 25.9. The van der Waals surface area contributed by atoms with Gasteiger partial charge in [0, 0.05) is 26.2 Å². The van der Waals surface area contributed by atoms with Gasteiger partial charge in [0.05, 0.1) is 12.0 Å². The Balaban J connectivity index is 1.40. The van der Waals surface area contributed by atoms with E-state index < -0.39 is 5.60 Å². The van der Waals surface area contributed by atoms with Crippen molar-refractivity contribution in [2.75, 3.05) is 26.2 Å². The molecule has 1 heterocycles. The van der Waals surface area contributed by atoms with E-state index in [0.717, 1.165) is 11.1 Å². The molecule has 1 aliphatic rings. The first kappa shape index (κ1) is 19.5. The number of halogens is 2. The van der Waals surface area contributed by atoms with E-state index in [9.17, 15) is 18.7 Å². The molecule has 0 aliphatic carbocycles. The Bertz CT molecular complexity index is 755. The van der Waals surface area contributed by atoms with Gasteiger partial charge >= 0.3 is 0 Å². The van der Waals surface area contributed by atoms with Gasteiger partial charge in [-0.15, -0.1) is 0 Å². The summed E-state index contributed by atoms with van der Waals surface area (Å²) >= 11 is 0. The molecule has 2 N–H and O–H groups in total. The number of aliphatic hydroxyl groups is 1. The van der Waals surface area contributed by atoms with Crippen LogP contribution in [0.15, 0.2) is 48.5 Å². The minimum absolute atomic E-state index is 0.0959. The van der Waals surface area contributed by atoms with E-state index in [-0.39, 0.29) is 24.0 Å². The van der Waals surface area contributed by atoms with Crippen LogP contribution in [0.4, 0.5) is 8.78 Å². The molecule has 0 unspecified atom stereocenters. The highest BCUT2D eigenvalue weighted by Gasteiger charge is 2.33. The predicted octanol–water partition coefficient (Wildman–Crippen LogP) is 2.61. The number of rotatable bonds is 6. The number of piperidine rings is 1. The molecule has 144 valence electrons. The average molecular weight is 374 g/mol. The monoisotopic (exact) mass is 374 g/mol. The number of benzene rings is 2. The zero-order valence-corrected chi connectivity index (χ0v) is 15.1. The van der Waals surface area contributed by atoms with Crippen molar-refractivity contribution in [3.05, 3.63) is 71.3 Å². The zero-order valence-electron chi connectivity index (χ0n) is 15.1. The van der Waals surface area contributed by atoms with Crippen LogP contribution in [0.5, 0.6) is 0 Å². The molecule has 1 fully saturated rings. The van der Waals surface area contributed by atoms with Crippen molar-refractivity contribution < 1.29 is 18.7 Å². The molecule has 1 saturated heterocycles. The second-order valence-corrected chi connectivity index (χ2v) is 7.03. The van der Waals surface area contributed by atoms with Gasteiger partial charge in [-0.1, -0.05) is 24.3 Å². The van der Waals surface area contributed by atoms with E-state index in [1.807, 2.05) is 0 Å². The third-order valence-electron chi connectivity index (χ3n) is 5.09. The first-order valence-electron chi connectivity index (χ1n) is 9.16. The van der Waals surface area contributed by atoms with Gasteiger partial charge in [0.1, 0.15) is 11.6 Å². The zero-order chi connectivity index (χ0) is 19.3. The number of hydrogen-bond acceptors (Lipinski definition) is 3. The lowest BCUT2D eigenvalue weighted by Gasteiger charge is -2.38. The summed E-state index contributed by atoms with van der Waals surface area (Å²) in [6.07, 6.45) is 1.37. The molecule has 0 spiro atoms. The molecule has 3 rings (SSSR count). The summed E-state index contributed by atoms with van der Waals surface area (Å²) in [5.74, 6) is -0.720. The Labute approximate surface area is 157 Å². The highest BCUT2D eigenvalue weighted by molar-refractivity contribution is 5.78. The fourth-order valence-electron chi connectivity index (χ4n) is 3.40. The quantitative estimate of drug-likeness (QED) is 0.817. The van der Waals surface area contributed by atoms with Gasteiger partial charge in [0.2, 0.25) is 5.91 Å². The molecule has 0 radical (unpaired) electrons. The van der Waals surface area contributed by atoms with Crippen LogP contribution in [0.1, 0.15) is 24.0 Å². The molecule has 0 saturated carbocycles. The Kier molecular flexibility index (Phi) is 6.19. The van der Waals surface area contributed by atoms with Crippen molar-refractivity contribution in [3.8, 4) is 0 Å². The Morgan fingerprint density at radius 3 is 2.15 bits per heavy atom. The first-order chi connectivity index (χ1) is 12.9. The van der Waals surface area contributed by atoms with Crippen molar-refractivity contribution in [2.45, 2.75) is 24.9 Å². The fraction of sp³-hybridized carbons (Fsp3) is 0.381. The second kappa shape index (κ2) is 8.59. The topological polar surface area (TPSA) is 52.6 Å². The van der Waals surface area contributed by atoms with Crippen LogP contribution >= 0.6 is 0 Å². The number of nitrogens with zero attached hydrogens (tertiary/aromatic N) is 1. The molecule has 2 aromatic rings. The van der Waals surface area contributed by atoms with Crippen molar-refractivity contribution >= 4 is 5.91 Å². The number of nitrogens with one attached hydrogen (secondary N) is 1. The smallest absolute Gasteiger partial charge is 0.224 e. The van der Waals surface area contributed by atoms with Gasteiger partial charge in [-0.2, -0.15) is 0 Å². The van der Waals surface area contributed by atoms with E-state index in [2.05, 4.69) is 10.2 Å². The maximum absolute atomic E-state index is 13.1. The molecule has 6 heteroatoms. The number of carbonyl (C=O) groups is 1. The average Bonchev–Trinajstić information content (AvgIpc) is 2.66. The van der Waals surface area contributed by atoms with Crippen LogP contribution in [-0.2, 0) is 16.8 Å². The lowest BCUT2D eigenvalue weighted by atomic mass is 9.84. The SMILES string of the molecule is O=C(Cc1ccc(F)cc1)NCCN1CCC(O)(c2ccc(F)cc2)CC1. The van der Waals surface area contributed by atoms with Crippen LogP contribution in [0.25, 0.3) is 0 Å². The van der Waals surface area contributed by atoms with Crippen LogP contribution in [0.3, 0.4) is 0 Å². The lowest BCUT2D eigenvalue weighted by Crippen LogP contribution is -2.45. The van der Waals surface area contributed by atoms with Crippen LogP contribution in [-0.4, -0.2) is 42.1 Å². The summed E-state index contributed by atoms with van der Waals surface area (Å²) in [5.41, 5.74) is 0.600. The largest absolute Gasteiger partial charge is 0.385 e. The Morgan fingerprint density at radius 1 is 1.00 bits per heavy atom. The number of carbonyl (C=O) groups excluding carboxylic acids is 1. The third-order valence-corrected chi connectivity index (χ3v) is 5.09. The highest BCUT2D eigenvalue weighted by atomic mass is 19.1. The lowest BCUT2D eigenvalue weighted by molar-refractivity contribution is -0.120. The van der Waals surface area contributed by atoms with Gasteiger partial charge < -0.3 is 15.3 Å². The molecule has 0 bridgehead atoms. The van der Waals surface area contributed by atoms with Crippen LogP contribution in [0, 0.1) is 11.6 Å². The molecule has 1 aliphatic heterocycles. The Morgan fingerprint density at radius 2 is 1.56 bits per heavy atom. The molecule has 0 aromatic heterocycles. The minimum atomic E-state index is -0.921. The van der Waals surface area contributed by atoms with E-state index >= 15 is 0 Å². The molecule has 4 nitrogen and oxygen atoms in total. The predicted molar refractivity (Wildman–Crippen MR) is 99.1 cm³/mol. The minimum Gasteiger partial charge on any atom is -0.385 e. The van der Waals surface area contributed by atoms with Crippen molar-refractivity contribution in [1.82, 2.24) is 10.2 Å². The van der Waals surface area contributed by atoms with Gasteiger partial charge in [-0.05, 0) is 48.2 Å². The van der Waals surface area contributed by atoms with Gasteiger partial charge in [-0.25, -0.2) is 8.78 Å². The van der Waals surface area contributed by atoms with E-state index in [4.69, 9.17) is 0 Å². The molecule has 1 amide bonds. The summed E-state index contributed by atoms with van der Waals surface area (Å²) in [4.78, 5) is 14.2. The third kappa shape index (κ3) is 5.34. The molecule has 0 atom stereocenters. The van der Waals surface area contributed by atoms with Crippen molar-refractivity contribution in [1.29, 1.82) is 0 Å². The molecule has 2 aromatic carbocycles. The standard InChI is InChI=1S/C21H24F2N2O2/c22-18-5-1-16(2-6-18)15-20(26)24-11-14-25-12-9-21(27,10-13-25)17-3-7-19(23)8-4-17/h1-8,27H,9-15H2,(H,24,26). The number of likely N-dealkylation sites (tertiary alicyclic amines) is 1. The maximum Gasteiger partial charge on any atom is 0.224 e. The number of amides is 1. The van der Waals surface area contributed by atoms with Crippen LogP contribution in [0.2, 0.25) is 0 Å². The van der Waals surface area contributed by atoms with Crippen LogP contribution < -0.4 is 5.32 Å². The van der Waals surface area contributed by atoms with E-state index in [1.54, 1.807) is 24.3 Å². The molecular formula is C21H24F2N2O2.